The first-order valence-corrected chi connectivity index (χ1v) is 6.89. The van der Waals surface area contributed by atoms with Crippen LogP contribution < -0.4 is 4.90 Å². The molecule has 1 unspecified atom stereocenters. The number of aromatic nitrogens is 1. The number of piperidine rings is 1. The maximum Gasteiger partial charge on any atom is 0.0426 e. The average molecular weight is 283 g/mol. The Morgan fingerprint density at radius 3 is 2.69 bits per heavy atom. The molecule has 0 N–H and O–H groups in total. The van der Waals surface area contributed by atoms with Crippen LogP contribution in [0.2, 0.25) is 0 Å². The van der Waals surface area contributed by atoms with E-state index in [4.69, 9.17) is 0 Å². The van der Waals surface area contributed by atoms with Gasteiger partial charge < -0.3 is 4.90 Å². The summed E-state index contributed by atoms with van der Waals surface area (Å²) in [6, 6.07) is 2.13. The lowest BCUT2D eigenvalue weighted by atomic mass is 9.94. The van der Waals surface area contributed by atoms with E-state index in [0.29, 0.717) is 4.83 Å². The molecule has 2 nitrogen and oxygen atoms in total. The zero-order valence-electron chi connectivity index (χ0n) is 9.99. The van der Waals surface area contributed by atoms with Crippen molar-refractivity contribution in [3.63, 3.8) is 0 Å². The van der Waals surface area contributed by atoms with E-state index < -0.39 is 0 Å². The summed E-state index contributed by atoms with van der Waals surface area (Å²) < 4.78 is 0. The summed E-state index contributed by atoms with van der Waals surface area (Å²) >= 11 is 3.70. The molecule has 0 spiro atoms. The van der Waals surface area contributed by atoms with Crippen molar-refractivity contribution in [3.05, 3.63) is 24.0 Å². The van der Waals surface area contributed by atoms with Gasteiger partial charge in [-0.1, -0.05) is 22.9 Å². The van der Waals surface area contributed by atoms with Crippen molar-refractivity contribution in [3.8, 4) is 0 Å². The lowest BCUT2D eigenvalue weighted by molar-refractivity contribution is 0.407. The fraction of sp³-hybridized carbons (Fsp3) is 0.615. The fourth-order valence-corrected chi connectivity index (χ4v) is 2.95. The third-order valence-corrected chi connectivity index (χ3v) is 4.27. The molecule has 1 aliphatic heterocycles. The summed E-state index contributed by atoms with van der Waals surface area (Å²) in [5.41, 5.74) is 2.64. The minimum absolute atomic E-state index is 0.646. The van der Waals surface area contributed by atoms with Gasteiger partial charge in [0.15, 0.2) is 0 Å². The normalized spacial score (nSPS) is 19.8. The molecule has 0 saturated carbocycles. The standard InChI is InChI=1S/C13H19BrN2/c1-10-9-15-6-3-13(10)16-7-4-12(5-8-16)11(2)14/h3,6,9,11-12H,4-5,7-8H2,1-2H3. The number of hydrogen-bond acceptors (Lipinski definition) is 2. The average Bonchev–Trinajstić information content (AvgIpc) is 2.30. The molecule has 0 aromatic carbocycles. The Kier molecular flexibility index (Phi) is 3.85. The number of halogens is 1. The number of pyridine rings is 1. The number of alkyl halides is 1. The molecule has 88 valence electrons. The van der Waals surface area contributed by atoms with Gasteiger partial charge >= 0.3 is 0 Å². The van der Waals surface area contributed by atoms with Gasteiger partial charge in [0.1, 0.15) is 0 Å². The molecule has 2 heterocycles. The van der Waals surface area contributed by atoms with Crippen LogP contribution in [0.5, 0.6) is 0 Å². The monoisotopic (exact) mass is 282 g/mol. The van der Waals surface area contributed by atoms with E-state index >= 15 is 0 Å². The molecule has 0 radical (unpaired) electrons. The van der Waals surface area contributed by atoms with Gasteiger partial charge in [-0.05, 0) is 37.3 Å². The van der Waals surface area contributed by atoms with Gasteiger partial charge in [-0.25, -0.2) is 0 Å². The number of hydrogen-bond donors (Lipinski definition) is 0. The number of nitrogens with zero attached hydrogens (tertiary/aromatic N) is 2. The number of anilines is 1. The second-order valence-corrected chi connectivity index (χ2v) is 6.11. The van der Waals surface area contributed by atoms with E-state index in [1.807, 2.05) is 12.4 Å². The molecule has 1 saturated heterocycles. The zero-order chi connectivity index (χ0) is 11.5. The highest BCUT2D eigenvalue weighted by atomic mass is 79.9. The van der Waals surface area contributed by atoms with Crippen LogP contribution >= 0.6 is 15.9 Å². The minimum Gasteiger partial charge on any atom is -0.371 e. The molecule has 1 aromatic heterocycles. The van der Waals surface area contributed by atoms with Crippen LogP contribution in [-0.4, -0.2) is 22.9 Å². The van der Waals surface area contributed by atoms with Crippen LogP contribution in [0.25, 0.3) is 0 Å². The molecule has 0 aliphatic carbocycles. The Labute approximate surface area is 106 Å². The molecule has 1 fully saturated rings. The number of rotatable bonds is 2. The molecule has 16 heavy (non-hydrogen) atoms. The SMILES string of the molecule is Cc1cnccc1N1CCC(C(C)Br)CC1. The van der Waals surface area contributed by atoms with Crippen LogP contribution in [0.1, 0.15) is 25.3 Å². The predicted molar refractivity (Wildman–Crippen MR) is 72.3 cm³/mol. The largest absolute Gasteiger partial charge is 0.371 e. The van der Waals surface area contributed by atoms with E-state index in [-0.39, 0.29) is 0 Å². The first-order valence-electron chi connectivity index (χ1n) is 5.98. The molecule has 2 rings (SSSR count). The van der Waals surface area contributed by atoms with E-state index in [2.05, 4.69) is 45.7 Å². The first kappa shape index (κ1) is 11.9. The molecule has 0 bridgehead atoms. The summed E-state index contributed by atoms with van der Waals surface area (Å²) in [5, 5.41) is 0. The first-order chi connectivity index (χ1) is 7.68. The lowest BCUT2D eigenvalue weighted by Crippen LogP contribution is -2.36. The van der Waals surface area contributed by atoms with Gasteiger partial charge in [-0.2, -0.15) is 0 Å². The van der Waals surface area contributed by atoms with E-state index in [1.54, 1.807) is 0 Å². The van der Waals surface area contributed by atoms with E-state index in [1.165, 1.54) is 37.2 Å². The Balaban J connectivity index is 2.02. The highest BCUT2D eigenvalue weighted by molar-refractivity contribution is 9.09. The van der Waals surface area contributed by atoms with Crippen molar-refractivity contribution in [2.75, 3.05) is 18.0 Å². The zero-order valence-corrected chi connectivity index (χ0v) is 11.6. The predicted octanol–water partition coefficient (Wildman–Crippen LogP) is 3.39. The van der Waals surface area contributed by atoms with Gasteiger partial charge in [-0.3, -0.25) is 4.98 Å². The summed E-state index contributed by atoms with van der Waals surface area (Å²) in [5.74, 6) is 0.832. The van der Waals surface area contributed by atoms with Crippen LogP contribution in [0, 0.1) is 12.8 Å². The lowest BCUT2D eigenvalue weighted by Gasteiger charge is -2.35. The molecular formula is C13H19BrN2. The summed E-state index contributed by atoms with van der Waals surface area (Å²) in [7, 11) is 0. The van der Waals surface area contributed by atoms with Gasteiger partial charge in [0, 0.05) is 36.0 Å². The third-order valence-electron chi connectivity index (χ3n) is 3.52. The maximum absolute atomic E-state index is 4.15. The highest BCUT2D eigenvalue weighted by Gasteiger charge is 2.22. The van der Waals surface area contributed by atoms with Gasteiger partial charge in [-0.15, -0.1) is 0 Å². The molecule has 0 amide bonds. The third kappa shape index (κ3) is 2.57. The summed E-state index contributed by atoms with van der Waals surface area (Å²) in [6.07, 6.45) is 6.42. The van der Waals surface area contributed by atoms with Crippen LogP contribution in [-0.2, 0) is 0 Å². The molecule has 1 aliphatic rings. The summed E-state index contributed by atoms with van der Waals surface area (Å²) in [6.45, 7) is 6.75. The van der Waals surface area contributed by atoms with Crippen LogP contribution in [0.3, 0.4) is 0 Å². The smallest absolute Gasteiger partial charge is 0.0426 e. The quantitative estimate of drug-likeness (QED) is 0.773. The van der Waals surface area contributed by atoms with Gasteiger partial charge in [0.2, 0.25) is 0 Å². The molecular weight excluding hydrogens is 264 g/mol. The Bertz CT molecular complexity index is 344. The van der Waals surface area contributed by atoms with Gasteiger partial charge in [0.25, 0.3) is 0 Å². The van der Waals surface area contributed by atoms with Crippen LogP contribution in [0.15, 0.2) is 18.5 Å². The van der Waals surface area contributed by atoms with Crippen molar-refractivity contribution in [1.82, 2.24) is 4.98 Å². The molecule has 3 heteroatoms. The van der Waals surface area contributed by atoms with E-state index in [9.17, 15) is 0 Å². The Morgan fingerprint density at radius 2 is 2.12 bits per heavy atom. The Morgan fingerprint density at radius 1 is 1.44 bits per heavy atom. The fourth-order valence-electron chi connectivity index (χ4n) is 2.42. The Hall–Kier alpha value is -0.570. The van der Waals surface area contributed by atoms with Crippen molar-refractivity contribution < 1.29 is 0 Å². The molecule has 1 aromatic rings. The van der Waals surface area contributed by atoms with Crippen molar-refractivity contribution >= 4 is 21.6 Å². The van der Waals surface area contributed by atoms with Crippen molar-refractivity contribution in [1.29, 1.82) is 0 Å². The van der Waals surface area contributed by atoms with Crippen molar-refractivity contribution in [2.24, 2.45) is 5.92 Å². The van der Waals surface area contributed by atoms with E-state index in [0.717, 1.165) is 5.92 Å². The highest BCUT2D eigenvalue weighted by Crippen LogP contribution is 2.29. The minimum atomic E-state index is 0.646. The molecule has 1 atom stereocenters. The summed E-state index contributed by atoms with van der Waals surface area (Å²) in [4.78, 5) is 7.28. The number of aryl methyl sites for hydroxylation is 1. The second-order valence-electron chi connectivity index (χ2n) is 4.66. The van der Waals surface area contributed by atoms with Gasteiger partial charge in [0.05, 0.1) is 0 Å². The second kappa shape index (κ2) is 5.17. The van der Waals surface area contributed by atoms with Crippen LogP contribution in [0.4, 0.5) is 5.69 Å². The maximum atomic E-state index is 4.15. The topological polar surface area (TPSA) is 16.1 Å². The van der Waals surface area contributed by atoms with Crippen molar-refractivity contribution in [2.45, 2.75) is 31.5 Å².